The summed E-state index contributed by atoms with van der Waals surface area (Å²) in [6.45, 7) is 0. The van der Waals surface area contributed by atoms with Gasteiger partial charge in [-0.25, -0.2) is 0 Å². The van der Waals surface area contributed by atoms with Crippen LogP contribution in [0.4, 0.5) is 0 Å². The van der Waals surface area contributed by atoms with E-state index in [-0.39, 0.29) is 5.92 Å². The molecule has 2 atom stereocenters. The molecule has 0 aliphatic heterocycles. The predicted octanol–water partition coefficient (Wildman–Crippen LogP) is 4.39. The van der Waals surface area contributed by atoms with Crippen molar-refractivity contribution in [1.29, 1.82) is 5.26 Å². The molecule has 3 rings (SSSR count). The van der Waals surface area contributed by atoms with Gasteiger partial charge in [-0.15, -0.1) is 0 Å². The van der Waals surface area contributed by atoms with Crippen LogP contribution in [-0.2, 0) is 0 Å². The maximum absolute atomic E-state index is 10.7. The van der Waals surface area contributed by atoms with Crippen LogP contribution in [0, 0.1) is 17.2 Å². The number of hydrogen-bond donors (Lipinski definition) is 1. The van der Waals surface area contributed by atoms with E-state index in [0.717, 1.165) is 29.2 Å². The normalized spacial score (nSPS) is 19.0. The van der Waals surface area contributed by atoms with Crippen LogP contribution >= 0.6 is 0 Å². The number of benzene rings is 2. The summed E-state index contributed by atoms with van der Waals surface area (Å²) >= 11 is 0. The second-order valence-corrected chi connectivity index (χ2v) is 6.06. The first-order valence-electron chi connectivity index (χ1n) is 7.86. The number of fused-ring (bicyclic) bond motifs is 1. The second-order valence-electron chi connectivity index (χ2n) is 6.06. The van der Waals surface area contributed by atoms with Crippen molar-refractivity contribution in [2.45, 2.75) is 44.1 Å². The van der Waals surface area contributed by atoms with Crippen molar-refractivity contribution in [1.82, 2.24) is 0 Å². The zero-order valence-corrected chi connectivity index (χ0v) is 12.2. The van der Waals surface area contributed by atoms with Gasteiger partial charge in [0.15, 0.2) is 0 Å². The van der Waals surface area contributed by atoms with Crippen LogP contribution in [0.3, 0.4) is 0 Å². The van der Waals surface area contributed by atoms with Crippen LogP contribution in [0.1, 0.15) is 43.6 Å². The van der Waals surface area contributed by atoms with Gasteiger partial charge in [0.05, 0.1) is 18.1 Å². The topological polar surface area (TPSA) is 44.0 Å². The largest absolute Gasteiger partial charge is 0.391 e. The molecule has 0 saturated heterocycles. The summed E-state index contributed by atoms with van der Waals surface area (Å²) in [5.74, 6) is -0.165. The molecule has 2 nitrogen and oxygen atoms in total. The molecular weight excluding hydrogens is 258 g/mol. The molecule has 1 aliphatic rings. The number of rotatable bonds is 3. The van der Waals surface area contributed by atoms with Crippen molar-refractivity contribution >= 4 is 10.8 Å². The van der Waals surface area contributed by atoms with Gasteiger partial charge in [0.25, 0.3) is 0 Å². The van der Waals surface area contributed by atoms with Gasteiger partial charge in [-0.05, 0) is 35.1 Å². The van der Waals surface area contributed by atoms with Crippen molar-refractivity contribution in [3.8, 4) is 6.07 Å². The van der Waals surface area contributed by atoms with E-state index < -0.39 is 12.0 Å². The van der Waals surface area contributed by atoms with Gasteiger partial charge in [0.2, 0.25) is 0 Å². The third-order valence-electron chi connectivity index (χ3n) is 4.77. The van der Waals surface area contributed by atoms with Gasteiger partial charge >= 0.3 is 0 Å². The molecule has 1 N–H and O–H groups in total. The minimum absolute atomic E-state index is 0.266. The highest BCUT2D eigenvalue weighted by molar-refractivity contribution is 5.86. The Hall–Kier alpha value is -1.85. The highest BCUT2D eigenvalue weighted by Crippen LogP contribution is 2.35. The van der Waals surface area contributed by atoms with Crippen molar-refractivity contribution in [2.75, 3.05) is 0 Å². The minimum Gasteiger partial charge on any atom is -0.391 e. The van der Waals surface area contributed by atoms with Gasteiger partial charge in [-0.1, -0.05) is 61.7 Å². The van der Waals surface area contributed by atoms with Crippen molar-refractivity contribution < 1.29 is 5.11 Å². The third kappa shape index (κ3) is 2.80. The zero-order chi connectivity index (χ0) is 14.7. The molecular formula is C19H21NO. The summed E-state index contributed by atoms with van der Waals surface area (Å²) in [5, 5.41) is 22.6. The summed E-state index contributed by atoms with van der Waals surface area (Å²) < 4.78 is 0. The molecule has 2 aromatic carbocycles. The van der Waals surface area contributed by atoms with Crippen molar-refractivity contribution in [2.24, 2.45) is 5.92 Å². The molecule has 1 fully saturated rings. The lowest BCUT2D eigenvalue weighted by molar-refractivity contribution is 0.0747. The van der Waals surface area contributed by atoms with Crippen LogP contribution in [-0.4, -0.2) is 11.2 Å². The molecule has 2 aromatic rings. The maximum atomic E-state index is 10.7. The lowest BCUT2D eigenvalue weighted by Crippen LogP contribution is -2.28. The van der Waals surface area contributed by atoms with Crippen LogP contribution in [0.15, 0.2) is 42.5 Å². The lowest BCUT2D eigenvalue weighted by Gasteiger charge is -2.29. The van der Waals surface area contributed by atoms with Crippen LogP contribution < -0.4 is 0 Å². The van der Waals surface area contributed by atoms with E-state index in [1.165, 1.54) is 19.3 Å². The van der Waals surface area contributed by atoms with Crippen LogP contribution in [0.5, 0.6) is 0 Å². The molecule has 1 saturated carbocycles. The molecule has 2 heteroatoms. The Balaban J connectivity index is 1.96. The molecule has 0 aromatic heterocycles. The fraction of sp³-hybridized carbons (Fsp3) is 0.421. The lowest BCUT2D eigenvalue weighted by atomic mass is 9.78. The van der Waals surface area contributed by atoms with Crippen molar-refractivity contribution in [3.05, 3.63) is 48.0 Å². The number of nitriles is 1. The molecule has 108 valence electrons. The van der Waals surface area contributed by atoms with E-state index in [1.54, 1.807) is 0 Å². The SMILES string of the molecule is N#C[C@@H](c1cccc2ccccc12)[C@@H](O)C1CCCCC1. The molecule has 0 bridgehead atoms. The maximum Gasteiger partial charge on any atom is 0.0980 e. The number of aliphatic hydroxyl groups is 1. The monoisotopic (exact) mass is 279 g/mol. The van der Waals surface area contributed by atoms with Gasteiger partial charge in [0, 0.05) is 0 Å². The average Bonchev–Trinajstić information content (AvgIpc) is 2.56. The molecule has 0 unspecified atom stereocenters. The van der Waals surface area contributed by atoms with E-state index in [4.69, 9.17) is 0 Å². The standard InChI is InChI=1S/C19H21NO/c20-13-18(19(21)15-8-2-1-3-9-15)17-12-6-10-14-7-4-5-11-16(14)17/h4-7,10-12,15,18-19,21H,1-3,8-9H2/t18-,19-/m0/s1. The second kappa shape index (κ2) is 6.28. The summed E-state index contributed by atoms with van der Waals surface area (Å²) in [7, 11) is 0. The molecule has 1 aliphatic carbocycles. The number of nitrogens with zero attached hydrogens (tertiary/aromatic N) is 1. The summed E-state index contributed by atoms with van der Waals surface area (Å²) in [6, 6.07) is 16.5. The highest BCUT2D eigenvalue weighted by Gasteiger charge is 2.30. The number of hydrogen-bond acceptors (Lipinski definition) is 2. The first-order valence-corrected chi connectivity index (χ1v) is 7.86. The molecule has 0 amide bonds. The Morgan fingerprint density at radius 2 is 1.71 bits per heavy atom. The number of aliphatic hydroxyl groups excluding tert-OH is 1. The molecule has 0 heterocycles. The van der Waals surface area contributed by atoms with Crippen LogP contribution in [0.2, 0.25) is 0 Å². The van der Waals surface area contributed by atoms with Crippen molar-refractivity contribution in [3.63, 3.8) is 0 Å². The van der Waals surface area contributed by atoms with E-state index >= 15 is 0 Å². The fourth-order valence-electron chi connectivity index (χ4n) is 3.60. The minimum atomic E-state index is -0.555. The fourth-order valence-corrected chi connectivity index (χ4v) is 3.60. The van der Waals surface area contributed by atoms with E-state index in [0.29, 0.717) is 0 Å². The van der Waals surface area contributed by atoms with Gasteiger partial charge < -0.3 is 5.11 Å². The molecule has 0 spiro atoms. The van der Waals surface area contributed by atoms with Gasteiger partial charge in [-0.2, -0.15) is 5.26 Å². The van der Waals surface area contributed by atoms with Gasteiger partial charge in [-0.3, -0.25) is 0 Å². The van der Waals surface area contributed by atoms with E-state index in [1.807, 2.05) is 30.3 Å². The zero-order valence-electron chi connectivity index (χ0n) is 12.2. The molecule has 0 radical (unpaired) electrons. The highest BCUT2D eigenvalue weighted by atomic mass is 16.3. The summed E-state index contributed by atoms with van der Waals surface area (Å²) in [4.78, 5) is 0. The first kappa shape index (κ1) is 14.1. The summed E-state index contributed by atoms with van der Waals surface area (Å²) in [5.41, 5.74) is 0.966. The Morgan fingerprint density at radius 3 is 2.48 bits per heavy atom. The average molecular weight is 279 g/mol. The van der Waals surface area contributed by atoms with E-state index in [9.17, 15) is 10.4 Å². The smallest absolute Gasteiger partial charge is 0.0980 e. The molecule has 21 heavy (non-hydrogen) atoms. The summed E-state index contributed by atoms with van der Waals surface area (Å²) in [6.07, 6.45) is 5.15. The van der Waals surface area contributed by atoms with Gasteiger partial charge in [0.1, 0.15) is 0 Å². The third-order valence-corrected chi connectivity index (χ3v) is 4.77. The van der Waals surface area contributed by atoms with E-state index in [2.05, 4.69) is 18.2 Å². The predicted molar refractivity (Wildman–Crippen MR) is 84.9 cm³/mol. The Kier molecular flexibility index (Phi) is 4.22. The Bertz CT molecular complexity index is 647. The Morgan fingerprint density at radius 1 is 1.00 bits per heavy atom. The van der Waals surface area contributed by atoms with Crippen LogP contribution in [0.25, 0.3) is 10.8 Å². The Labute approximate surface area is 126 Å². The quantitative estimate of drug-likeness (QED) is 0.905. The first-order chi connectivity index (χ1) is 10.3.